The minimum atomic E-state index is -0.343. The van der Waals surface area contributed by atoms with E-state index in [2.05, 4.69) is 10.6 Å². The molecule has 2 aromatic rings. The van der Waals surface area contributed by atoms with Crippen LogP contribution >= 0.6 is 0 Å². The Kier molecular flexibility index (Phi) is 1.84. The highest BCUT2D eigenvalue weighted by Crippen LogP contribution is 2.33. The van der Waals surface area contributed by atoms with Gasteiger partial charge in [0, 0.05) is 18.1 Å². The Balaban J connectivity index is 2.45. The van der Waals surface area contributed by atoms with Gasteiger partial charge in [-0.2, -0.15) is 0 Å². The van der Waals surface area contributed by atoms with Gasteiger partial charge >= 0.3 is 0 Å². The van der Waals surface area contributed by atoms with Gasteiger partial charge in [0.25, 0.3) is 5.91 Å². The van der Waals surface area contributed by atoms with Crippen LogP contribution in [0.1, 0.15) is 28.0 Å². The number of benzene rings is 1. The van der Waals surface area contributed by atoms with E-state index in [0.29, 0.717) is 5.56 Å². The van der Waals surface area contributed by atoms with E-state index >= 15 is 0 Å². The first-order chi connectivity index (χ1) is 7.70. The second kappa shape index (κ2) is 3.11. The van der Waals surface area contributed by atoms with Crippen molar-refractivity contribution in [3.63, 3.8) is 0 Å². The molecule has 2 N–H and O–H groups in total. The fourth-order valence-electron chi connectivity index (χ4n) is 2.87. The topological polar surface area (TPSA) is 48.0 Å². The van der Waals surface area contributed by atoms with Gasteiger partial charge in [0.1, 0.15) is 0 Å². The number of aryl methyl sites for hydroxylation is 2. The Morgan fingerprint density at radius 1 is 1.38 bits per heavy atom. The quantitative estimate of drug-likeness (QED) is 0.772. The van der Waals surface area contributed by atoms with Crippen LogP contribution in [0.4, 0.5) is 0 Å². The average molecular weight is 214 g/mol. The summed E-state index contributed by atoms with van der Waals surface area (Å²) in [6.07, 6.45) is 3.45. The molecular weight excluding hydrogens is 200 g/mol. The molecule has 0 spiro atoms. The third kappa shape index (κ3) is 1.06. The van der Waals surface area contributed by atoms with E-state index in [0.717, 1.165) is 18.4 Å². The van der Waals surface area contributed by atoms with E-state index < -0.39 is 0 Å². The SMILES string of the molecule is Cn1c2c(c3cccc(C(N)=O)c31)CCC2. The van der Waals surface area contributed by atoms with Crippen molar-refractivity contribution in [1.29, 1.82) is 0 Å². The number of nitrogens with two attached hydrogens (primary N) is 1. The molecule has 1 aliphatic carbocycles. The predicted octanol–water partition coefficient (Wildman–Crippen LogP) is 1.77. The minimum absolute atomic E-state index is 0.343. The standard InChI is InChI=1S/C13H14N2O/c1-15-11-7-3-4-8(11)9-5-2-6-10(12(9)15)13(14)16/h2,5-6H,3-4,7H2,1H3,(H2,14,16). The second-order valence-corrected chi connectivity index (χ2v) is 4.40. The molecule has 1 heterocycles. The maximum atomic E-state index is 11.4. The zero-order chi connectivity index (χ0) is 11.3. The zero-order valence-electron chi connectivity index (χ0n) is 9.29. The number of para-hydroxylation sites is 1. The molecule has 0 saturated carbocycles. The largest absolute Gasteiger partial charge is 0.366 e. The zero-order valence-corrected chi connectivity index (χ0v) is 9.29. The third-order valence-electron chi connectivity index (χ3n) is 3.56. The summed E-state index contributed by atoms with van der Waals surface area (Å²) in [6.45, 7) is 0. The van der Waals surface area contributed by atoms with Crippen molar-refractivity contribution in [2.24, 2.45) is 12.8 Å². The molecule has 3 heteroatoms. The van der Waals surface area contributed by atoms with Gasteiger partial charge in [0.2, 0.25) is 0 Å². The molecule has 0 saturated heterocycles. The van der Waals surface area contributed by atoms with E-state index in [1.807, 2.05) is 13.1 Å². The lowest BCUT2D eigenvalue weighted by Gasteiger charge is -2.04. The van der Waals surface area contributed by atoms with Crippen molar-refractivity contribution in [1.82, 2.24) is 4.57 Å². The van der Waals surface area contributed by atoms with Crippen LogP contribution in [-0.4, -0.2) is 10.5 Å². The van der Waals surface area contributed by atoms with Crippen molar-refractivity contribution < 1.29 is 4.79 Å². The lowest BCUT2D eigenvalue weighted by Crippen LogP contribution is -2.12. The molecule has 0 fully saturated rings. The number of carbonyl (C=O) groups is 1. The Morgan fingerprint density at radius 3 is 2.94 bits per heavy atom. The molecule has 0 unspecified atom stereocenters. The van der Waals surface area contributed by atoms with Gasteiger partial charge in [-0.3, -0.25) is 4.79 Å². The monoisotopic (exact) mass is 214 g/mol. The lowest BCUT2D eigenvalue weighted by molar-refractivity contribution is 0.100. The lowest BCUT2D eigenvalue weighted by atomic mass is 10.1. The van der Waals surface area contributed by atoms with Crippen LogP contribution in [0.25, 0.3) is 10.9 Å². The van der Waals surface area contributed by atoms with Gasteiger partial charge in [-0.15, -0.1) is 0 Å². The average Bonchev–Trinajstić information content (AvgIpc) is 2.83. The van der Waals surface area contributed by atoms with Crippen molar-refractivity contribution in [3.05, 3.63) is 35.0 Å². The van der Waals surface area contributed by atoms with Crippen LogP contribution in [0.15, 0.2) is 18.2 Å². The molecule has 1 amide bonds. The van der Waals surface area contributed by atoms with Gasteiger partial charge in [-0.1, -0.05) is 12.1 Å². The van der Waals surface area contributed by atoms with Crippen LogP contribution < -0.4 is 5.73 Å². The minimum Gasteiger partial charge on any atom is -0.366 e. The molecule has 0 atom stereocenters. The summed E-state index contributed by atoms with van der Waals surface area (Å²) in [4.78, 5) is 11.4. The molecule has 82 valence electrons. The molecule has 0 aliphatic heterocycles. The first-order valence-electron chi connectivity index (χ1n) is 5.59. The van der Waals surface area contributed by atoms with Gasteiger partial charge in [0.15, 0.2) is 0 Å². The summed E-state index contributed by atoms with van der Waals surface area (Å²) in [7, 11) is 2.03. The predicted molar refractivity (Wildman–Crippen MR) is 63.5 cm³/mol. The normalized spacial score (nSPS) is 14.3. The fourth-order valence-corrected chi connectivity index (χ4v) is 2.87. The summed E-state index contributed by atoms with van der Waals surface area (Å²) in [5.74, 6) is -0.343. The second-order valence-electron chi connectivity index (χ2n) is 4.40. The van der Waals surface area contributed by atoms with Gasteiger partial charge in [0.05, 0.1) is 11.1 Å². The summed E-state index contributed by atoms with van der Waals surface area (Å²) in [6, 6.07) is 5.81. The van der Waals surface area contributed by atoms with Crippen molar-refractivity contribution in [2.75, 3.05) is 0 Å². The van der Waals surface area contributed by atoms with E-state index in [4.69, 9.17) is 5.73 Å². The fraction of sp³-hybridized carbons (Fsp3) is 0.308. The van der Waals surface area contributed by atoms with Gasteiger partial charge in [-0.25, -0.2) is 0 Å². The number of primary amides is 1. The van der Waals surface area contributed by atoms with Crippen LogP contribution in [-0.2, 0) is 19.9 Å². The molecule has 16 heavy (non-hydrogen) atoms. The van der Waals surface area contributed by atoms with Crippen molar-refractivity contribution in [3.8, 4) is 0 Å². The molecule has 1 aromatic heterocycles. The number of aromatic nitrogens is 1. The van der Waals surface area contributed by atoms with E-state index in [1.165, 1.54) is 23.1 Å². The summed E-state index contributed by atoms with van der Waals surface area (Å²) >= 11 is 0. The highest BCUT2D eigenvalue weighted by atomic mass is 16.1. The molecular formula is C13H14N2O. The van der Waals surface area contributed by atoms with Crippen LogP contribution in [0, 0.1) is 0 Å². The molecule has 0 radical (unpaired) electrons. The number of carbonyl (C=O) groups excluding carboxylic acids is 1. The smallest absolute Gasteiger partial charge is 0.250 e. The maximum Gasteiger partial charge on any atom is 0.250 e. The maximum absolute atomic E-state index is 11.4. The summed E-state index contributed by atoms with van der Waals surface area (Å²) < 4.78 is 2.14. The number of rotatable bonds is 1. The molecule has 3 nitrogen and oxygen atoms in total. The summed E-state index contributed by atoms with van der Waals surface area (Å²) in [5, 5.41) is 1.20. The number of fused-ring (bicyclic) bond motifs is 3. The Morgan fingerprint density at radius 2 is 2.19 bits per heavy atom. The van der Waals surface area contributed by atoms with Gasteiger partial charge < -0.3 is 10.3 Å². The van der Waals surface area contributed by atoms with Crippen LogP contribution in [0.3, 0.4) is 0 Å². The van der Waals surface area contributed by atoms with E-state index in [1.54, 1.807) is 6.07 Å². The first-order valence-corrected chi connectivity index (χ1v) is 5.59. The number of nitrogens with zero attached hydrogens (tertiary/aromatic N) is 1. The third-order valence-corrected chi connectivity index (χ3v) is 3.56. The molecule has 0 bridgehead atoms. The van der Waals surface area contributed by atoms with Crippen molar-refractivity contribution in [2.45, 2.75) is 19.3 Å². The number of hydrogen-bond donors (Lipinski definition) is 1. The van der Waals surface area contributed by atoms with E-state index in [9.17, 15) is 4.79 Å². The van der Waals surface area contributed by atoms with Crippen molar-refractivity contribution >= 4 is 16.8 Å². The Bertz CT molecular complexity index is 595. The Labute approximate surface area is 93.9 Å². The molecule has 1 aliphatic rings. The molecule has 1 aromatic carbocycles. The highest BCUT2D eigenvalue weighted by Gasteiger charge is 2.22. The first kappa shape index (κ1) is 9.46. The van der Waals surface area contributed by atoms with Gasteiger partial charge in [-0.05, 0) is 30.9 Å². The van der Waals surface area contributed by atoms with Crippen LogP contribution in [0.2, 0.25) is 0 Å². The van der Waals surface area contributed by atoms with E-state index in [-0.39, 0.29) is 5.91 Å². The summed E-state index contributed by atoms with van der Waals surface area (Å²) in [5.41, 5.74) is 9.82. The number of amides is 1. The molecule has 3 rings (SSSR count). The highest BCUT2D eigenvalue weighted by molar-refractivity contribution is 6.06. The van der Waals surface area contributed by atoms with Crippen LogP contribution in [0.5, 0.6) is 0 Å². The number of hydrogen-bond acceptors (Lipinski definition) is 1. The Hall–Kier alpha value is -1.77.